The molecule has 4 atom stereocenters. The van der Waals surface area contributed by atoms with Crippen molar-refractivity contribution in [2.24, 2.45) is 11.7 Å². The standard InChI is InChI=1S/C22H32N4O7S/c1-12(2)18(26-19(29)14(23)8-9-17(27)28)21(31)25-16(11-34)20(30)24-15(22(32)33)10-13-6-4-3-5-7-13/h3-7,12,14-16,18,34H,8-11,23H2,1-2H3,(H,24,30)(H,25,31)(H,26,29)(H,27,28)(H,32,33). The molecule has 0 saturated heterocycles. The lowest BCUT2D eigenvalue weighted by Gasteiger charge is -2.26. The molecule has 0 heterocycles. The van der Waals surface area contributed by atoms with Crippen molar-refractivity contribution in [3.05, 3.63) is 35.9 Å². The first-order chi connectivity index (χ1) is 16.0. The Balaban J connectivity index is 2.81. The number of hydrogen-bond donors (Lipinski definition) is 7. The van der Waals surface area contributed by atoms with Gasteiger partial charge < -0.3 is 31.9 Å². The lowest BCUT2D eigenvalue weighted by Crippen LogP contribution is -2.59. The van der Waals surface area contributed by atoms with E-state index < -0.39 is 53.8 Å². The highest BCUT2D eigenvalue weighted by molar-refractivity contribution is 7.80. The average molecular weight is 497 g/mol. The van der Waals surface area contributed by atoms with Crippen LogP contribution in [-0.2, 0) is 30.4 Å². The minimum atomic E-state index is -1.23. The molecule has 4 unspecified atom stereocenters. The average Bonchev–Trinajstić information content (AvgIpc) is 2.78. The molecule has 3 amide bonds. The van der Waals surface area contributed by atoms with Crippen molar-refractivity contribution in [2.45, 2.75) is 57.3 Å². The quantitative estimate of drug-likeness (QED) is 0.169. The molecule has 1 aromatic rings. The number of carboxylic acids is 2. The van der Waals surface area contributed by atoms with Gasteiger partial charge in [-0.25, -0.2) is 4.79 Å². The van der Waals surface area contributed by atoms with Gasteiger partial charge in [0.05, 0.1) is 6.04 Å². The van der Waals surface area contributed by atoms with Crippen LogP contribution < -0.4 is 21.7 Å². The van der Waals surface area contributed by atoms with E-state index in [0.717, 1.165) is 0 Å². The summed E-state index contributed by atoms with van der Waals surface area (Å²) in [4.78, 5) is 60.1. The highest BCUT2D eigenvalue weighted by Crippen LogP contribution is 2.07. The third kappa shape index (κ3) is 9.79. The molecule has 34 heavy (non-hydrogen) atoms. The van der Waals surface area contributed by atoms with E-state index in [1.54, 1.807) is 44.2 Å². The summed E-state index contributed by atoms with van der Waals surface area (Å²) < 4.78 is 0. The second kappa shape index (κ2) is 14.2. The Hall–Kier alpha value is -3.12. The monoisotopic (exact) mass is 496 g/mol. The first-order valence-electron chi connectivity index (χ1n) is 10.7. The summed E-state index contributed by atoms with van der Waals surface area (Å²) in [6.45, 7) is 3.34. The van der Waals surface area contributed by atoms with Gasteiger partial charge in [-0.3, -0.25) is 19.2 Å². The van der Waals surface area contributed by atoms with Gasteiger partial charge in [0, 0.05) is 18.6 Å². The topological polar surface area (TPSA) is 188 Å². The van der Waals surface area contributed by atoms with Crippen molar-refractivity contribution in [1.29, 1.82) is 0 Å². The van der Waals surface area contributed by atoms with Crippen molar-refractivity contribution in [3.63, 3.8) is 0 Å². The molecule has 0 bridgehead atoms. The Bertz CT molecular complexity index is 866. The summed E-state index contributed by atoms with van der Waals surface area (Å²) in [5.41, 5.74) is 6.41. The molecule has 0 radical (unpaired) electrons. The van der Waals surface area contributed by atoms with Gasteiger partial charge in [0.1, 0.15) is 18.1 Å². The minimum absolute atomic E-state index is 0.0497. The highest BCUT2D eigenvalue weighted by atomic mass is 32.1. The van der Waals surface area contributed by atoms with Crippen LogP contribution >= 0.6 is 12.6 Å². The Labute approximate surface area is 203 Å². The number of thiol groups is 1. The largest absolute Gasteiger partial charge is 0.481 e. The smallest absolute Gasteiger partial charge is 0.326 e. The number of nitrogens with two attached hydrogens (primary N) is 1. The van der Waals surface area contributed by atoms with Crippen molar-refractivity contribution >= 4 is 42.3 Å². The lowest BCUT2D eigenvalue weighted by molar-refractivity contribution is -0.142. The highest BCUT2D eigenvalue weighted by Gasteiger charge is 2.31. The van der Waals surface area contributed by atoms with Crippen LogP contribution in [0.5, 0.6) is 0 Å². The fourth-order valence-corrected chi connectivity index (χ4v) is 3.24. The van der Waals surface area contributed by atoms with Crippen LogP contribution in [0.3, 0.4) is 0 Å². The third-order valence-electron chi connectivity index (χ3n) is 4.97. The van der Waals surface area contributed by atoms with Gasteiger partial charge in [0.2, 0.25) is 17.7 Å². The van der Waals surface area contributed by atoms with Crippen LogP contribution in [0.4, 0.5) is 0 Å². The Kier molecular flexibility index (Phi) is 12.1. The first-order valence-corrected chi connectivity index (χ1v) is 11.4. The minimum Gasteiger partial charge on any atom is -0.481 e. The third-order valence-corrected chi connectivity index (χ3v) is 5.33. The fraction of sp³-hybridized carbons (Fsp3) is 0.500. The molecular formula is C22H32N4O7S. The molecule has 0 aromatic heterocycles. The van der Waals surface area contributed by atoms with Gasteiger partial charge in [-0.2, -0.15) is 12.6 Å². The molecule has 188 valence electrons. The van der Waals surface area contributed by atoms with Gasteiger partial charge in [0.25, 0.3) is 0 Å². The summed E-state index contributed by atoms with van der Waals surface area (Å²) in [6, 6.07) is 4.19. The molecule has 0 aliphatic carbocycles. The van der Waals surface area contributed by atoms with Crippen LogP contribution in [-0.4, -0.2) is 69.8 Å². The van der Waals surface area contributed by atoms with Crippen molar-refractivity contribution < 1.29 is 34.2 Å². The van der Waals surface area contributed by atoms with Gasteiger partial charge in [0.15, 0.2) is 0 Å². The zero-order valence-electron chi connectivity index (χ0n) is 19.1. The number of aliphatic carboxylic acids is 2. The van der Waals surface area contributed by atoms with Gasteiger partial charge in [-0.15, -0.1) is 0 Å². The molecular weight excluding hydrogens is 464 g/mol. The van der Waals surface area contributed by atoms with Crippen LogP contribution in [0.25, 0.3) is 0 Å². The van der Waals surface area contributed by atoms with Crippen LogP contribution in [0.2, 0.25) is 0 Å². The zero-order valence-corrected chi connectivity index (χ0v) is 20.0. The Morgan fingerprint density at radius 1 is 0.912 bits per heavy atom. The van der Waals surface area contributed by atoms with Gasteiger partial charge in [-0.05, 0) is 17.9 Å². The number of hydrogen-bond acceptors (Lipinski definition) is 7. The van der Waals surface area contributed by atoms with Gasteiger partial charge >= 0.3 is 11.9 Å². The fourth-order valence-electron chi connectivity index (χ4n) is 2.98. The number of carbonyl (C=O) groups is 5. The molecule has 12 heteroatoms. The predicted molar refractivity (Wildman–Crippen MR) is 127 cm³/mol. The molecule has 1 aromatic carbocycles. The number of amides is 3. The number of benzene rings is 1. The van der Waals surface area contributed by atoms with E-state index in [1.807, 2.05) is 0 Å². The van der Waals surface area contributed by atoms with Crippen molar-refractivity contribution in [1.82, 2.24) is 16.0 Å². The van der Waals surface area contributed by atoms with E-state index in [4.69, 9.17) is 10.8 Å². The van der Waals surface area contributed by atoms with Crippen molar-refractivity contribution in [2.75, 3.05) is 5.75 Å². The van der Waals surface area contributed by atoms with Crippen molar-refractivity contribution in [3.8, 4) is 0 Å². The molecule has 0 fully saturated rings. The zero-order chi connectivity index (χ0) is 25.8. The Morgan fingerprint density at radius 3 is 2.00 bits per heavy atom. The SMILES string of the molecule is CC(C)C(NC(=O)C(N)CCC(=O)O)C(=O)NC(CS)C(=O)NC(Cc1ccccc1)C(=O)O. The Morgan fingerprint density at radius 2 is 1.50 bits per heavy atom. The summed E-state index contributed by atoms with van der Waals surface area (Å²) >= 11 is 4.09. The number of rotatable bonds is 14. The normalized spacial score (nSPS) is 14.4. The lowest BCUT2D eigenvalue weighted by atomic mass is 10.0. The molecule has 7 N–H and O–H groups in total. The molecule has 0 aliphatic rings. The molecule has 0 aliphatic heterocycles. The van der Waals surface area contributed by atoms with Crippen LogP contribution in [0.1, 0.15) is 32.3 Å². The van der Waals surface area contributed by atoms with E-state index in [-0.39, 0.29) is 30.9 Å². The number of carboxylic acid groups (broad SMARTS) is 2. The number of carbonyl (C=O) groups excluding carboxylic acids is 3. The summed E-state index contributed by atoms with van der Waals surface area (Å²) in [6.07, 6.45) is -0.357. The maximum Gasteiger partial charge on any atom is 0.326 e. The molecule has 11 nitrogen and oxygen atoms in total. The van der Waals surface area contributed by atoms with E-state index in [1.165, 1.54) is 0 Å². The summed E-state index contributed by atoms with van der Waals surface area (Å²) in [5, 5.41) is 25.6. The van der Waals surface area contributed by atoms with Gasteiger partial charge in [-0.1, -0.05) is 44.2 Å². The predicted octanol–water partition coefficient (Wildman–Crippen LogP) is -0.454. The summed E-state index contributed by atoms with van der Waals surface area (Å²) in [5.74, 6) is -4.96. The molecule has 1 rings (SSSR count). The van der Waals surface area contributed by atoms with E-state index in [2.05, 4.69) is 28.6 Å². The maximum absolute atomic E-state index is 12.8. The van der Waals surface area contributed by atoms with E-state index in [9.17, 15) is 29.1 Å². The maximum atomic E-state index is 12.8. The number of nitrogens with one attached hydrogen (secondary N) is 3. The van der Waals surface area contributed by atoms with Crippen LogP contribution in [0, 0.1) is 5.92 Å². The molecule has 0 saturated carbocycles. The second-order valence-electron chi connectivity index (χ2n) is 8.10. The summed E-state index contributed by atoms with van der Waals surface area (Å²) in [7, 11) is 0. The first kappa shape index (κ1) is 28.9. The van der Waals surface area contributed by atoms with E-state index in [0.29, 0.717) is 5.56 Å². The van der Waals surface area contributed by atoms with E-state index >= 15 is 0 Å². The second-order valence-corrected chi connectivity index (χ2v) is 8.47. The molecule has 0 spiro atoms. The van der Waals surface area contributed by atoms with Crippen LogP contribution in [0.15, 0.2) is 30.3 Å².